The second kappa shape index (κ2) is 8.34. The topological polar surface area (TPSA) is 84.0 Å². The third kappa shape index (κ3) is 2.98. The maximum atomic E-state index is 5.31. The van der Waals surface area contributed by atoms with Crippen LogP contribution >= 0.6 is 19.7 Å². The van der Waals surface area contributed by atoms with Gasteiger partial charge in [-0.3, -0.25) is 0 Å². The van der Waals surface area contributed by atoms with Crippen LogP contribution in [0.25, 0.3) is 21.5 Å². The van der Waals surface area contributed by atoms with E-state index in [1.54, 1.807) is 0 Å². The van der Waals surface area contributed by atoms with Crippen LogP contribution in [-0.4, -0.2) is 43.0 Å². The molecule has 10 heteroatoms. The zero-order chi connectivity index (χ0) is 27.5. The number of aromatic nitrogens is 2. The van der Waals surface area contributed by atoms with Gasteiger partial charge in [0.15, 0.2) is 0 Å². The second-order valence-corrected chi connectivity index (χ2v) is 19.8. The van der Waals surface area contributed by atoms with E-state index in [0.29, 0.717) is 23.3 Å². The Hall–Kier alpha value is -4.39. The molecule has 194 valence electrons. The molecule has 42 heavy (non-hydrogen) atoms. The van der Waals surface area contributed by atoms with Gasteiger partial charge in [-0.1, -0.05) is 0 Å². The molecule has 0 N–H and O–H groups in total. The van der Waals surface area contributed by atoms with Gasteiger partial charge in [-0.25, -0.2) is 0 Å². The SMILES string of the molecule is [I][Ga]1[n]2c3c4ccccc4c2N=C2N=C(N=c4c5ccccc5c([n]41)=NC1=NC(=N3)c3ccccc31)c1ccccc12. The number of rotatable bonds is 0. The molecule has 2 aromatic heterocycles. The van der Waals surface area contributed by atoms with E-state index in [0.717, 1.165) is 66.4 Å². The van der Waals surface area contributed by atoms with Crippen molar-refractivity contribution in [1.29, 1.82) is 0 Å². The Morgan fingerprint density at radius 3 is 1.19 bits per heavy atom. The van der Waals surface area contributed by atoms with Gasteiger partial charge in [-0.05, 0) is 0 Å². The Balaban J connectivity index is 1.50. The molecule has 0 fully saturated rings. The molecule has 0 aliphatic carbocycles. The summed E-state index contributed by atoms with van der Waals surface area (Å²) in [7, 11) is 0. The summed E-state index contributed by atoms with van der Waals surface area (Å²) in [4.78, 5) is 31.3. The van der Waals surface area contributed by atoms with Crippen molar-refractivity contribution in [3.8, 4) is 0 Å². The van der Waals surface area contributed by atoms with Crippen molar-refractivity contribution in [2.45, 2.75) is 0 Å². The van der Waals surface area contributed by atoms with E-state index in [9.17, 15) is 0 Å². The molecule has 0 saturated carbocycles. The average molecular weight is 709 g/mol. The molecule has 10 rings (SSSR count). The van der Waals surface area contributed by atoms with Crippen LogP contribution in [-0.2, 0) is 0 Å². The van der Waals surface area contributed by atoms with Crippen LogP contribution in [0.15, 0.2) is 127 Å². The van der Waals surface area contributed by atoms with Crippen LogP contribution in [0.1, 0.15) is 22.3 Å². The van der Waals surface area contributed by atoms with Crippen LogP contribution < -0.4 is 11.0 Å². The van der Waals surface area contributed by atoms with Crippen molar-refractivity contribution in [1.82, 2.24) is 6.55 Å². The van der Waals surface area contributed by atoms with Gasteiger partial charge in [-0.2, -0.15) is 0 Å². The molecular weight excluding hydrogens is 693 g/mol. The fourth-order valence-corrected chi connectivity index (χ4v) is 15.7. The first kappa shape index (κ1) is 23.2. The number of halogens is 1. The minimum atomic E-state index is -2.88. The molecule has 0 spiro atoms. The van der Waals surface area contributed by atoms with Gasteiger partial charge in [-0.15, -0.1) is 0 Å². The standard InChI is InChI=1S/C32H16N8.Ga.HI/c1-2-10-18-17(9-1)25-33-26(18)38-28-21-13-5-6-14-22(21)30(35-28)40-32-24-16-8-7-15-23(24)31(36-32)39-29-20-12-4-3-11-19(20)27(34-29)37-25;;/h1-16H;;1H/q-2;+3;/p-1. The van der Waals surface area contributed by atoms with E-state index in [2.05, 4.69) is 99.0 Å². The van der Waals surface area contributed by atoms with Crippen LogP contribution in [0.5, 0.6) is 0 Å². The van der Waals surface area contributed by atoms with E-state index in [-0.39, 0.29) is 0 Å². The van der Waals surface area contributed by atoms with E-state index in [4.69, 9.17) is 30.0 Å². The number of hydrogen-bond donors (Lipinski definition) is 0. The first-order valence-electron chi connectivity index (χ1n) is 13.6. The minimum absolute atomic E-state index is 0.673. The Kier molecular flexibility index (Phi) is 4.61. The number of nitrogens with zero attached hydrogens (tertiary/aromatic N) is 8. The molecule has 4 aliphatic heterocycles. The van der Waals surface area contributed by atoms with Crippen molar-refractivity contribution in [3.05, 3.63) is 130 Å². The summed E-state index contributed by atoms with van der Waals surface area (Å²) in [5.41, 5.74) is 5.66. The van der Waals surface area contributed by atoms with Gasteiger partial charge in [0.2, 0.25) is 0 Å². The van der Waals surface area contributed by atoms with E-state index >= 15 is 0 Å². The van der Waals surface area contributed by atoms with Gasteiger partial charge < -0.3 is 0 Å². The fourth-order valence-electron chi connectivity index (χ4n) is 6.37. The average Bonchev–Trinajstić information content (AvgIpc) is 3.74. The van der Waals surface area contributed by atoms with Crippen molar-refractivity contribution >= 4 is 89.3 Å². The number of aliphatic imine (C=N–C) groups is 4. The maximum absolute atomic E-state index is 5.31. The zero-order valence-electron chi connectivity index (χ0n) is 21.8. The van der Waals surface area contributed by atoms with Gasteiger partial charge >= 0.3 is 256 Å². The first-order valence-corrected chi connectivity index (χ1v) is 23.2. The third-order valence-electron chi connectivity index (χ3n) is 8.25. The molecule has 6 heterocycles. The zero-order valence-corrected chi connectivity index (χ0v) is 26.4. The Bertz CT molecular complexity index is 2330. The van der Waals surface area contributed by atoms with Crippen molar-refractivity contribution in [3.63, 3.8) is 0 Å². The molecule has 6 aromatic rings. The molecular formula is C32H16GaIN8. The quantitative estimate of drug-likeness (QED) is 0.151. The molecule has 6 bridgehead atoms. The van der Waals surface area contributed by atoms with Crippen molar-refractivity contribution < 1.29 is 0 Å². The number of fused-ring (bicyclic) bond motifs is 14. The summed E-state index contributed by atoms with van der Waals surface area (Å²) < 4.78 is 4.75. The van der Waals surface area contributed by atoms with Crippen molar-refractivity contribution in [2.75, 3.05) is 0 Å². The Morgan fingerprint density at radius 2 is 0.762 bits per heavy atom. The van der Waals surface area contributed by atoms with Gasteiger partial charge in [0.25, 0.3) is 0 Å². The molecule has 4 aromatic carbocycles. The normalized spacial score (nSPS) is 15.7. The number of benzene rings is 4. The number of hydrogen-bond acceptors (Lipinski definition) is 6. The van der Waals surface area contributed by atoms with Crippen LogP contribution in [0, 0.1) is 0 Å². The summed E-state index contributed by atoms with van der Waals surface area (Å²) in [6, 6.07) is 33.3. The predicted molar refractivity (Wildman–Crippen MR) is 175 cm³/mol. The van der Waals surface area contributed by atoms with Crippen molar-refractivity contribution in [2.24, 2.45) is 30.0 Å². The van der Waals surface area contributed by atoms with Gasteiger partial charge in [0.05, 0.1) is 0 Å². The third-order valence-corrected chi connectivity index (χ3v) is 17.9. The summed E-state index contributed by atoms with van der Waals surface area (Å²) >= 11 is -0.218. The van der Waals surface area contributed by atoms with Gasteiger partial charge in [0.1, 0.15) is 0 Å². The predicted octanol–water partition coefficient (Wildman–Crippen LogP) is 5.36. The molecule has 8 nitrogen and oxygen atoms in total. The van der Waals surface area contributed by atoms with E-state index < -0.39 is 13.2 Å². The van der Waals surface area contributed by atoms with E-state index in [1.807, 2.05) is 24.3 Å². The monoisotopic (exact) mass is 708 g/mol. The summed E-state index contributed by atoms with van der Waals surface area (Å²) in [5.74, 6) is 4.43. The van der Waals surface area contributed by atoms with Crippen LogP contribution in [0.4, 0.5) is 11.6 Å². The van der Waals surface area contributed by atoms with E-state index in [1.165, 1.54) is 0 Å². The molecule has 0 atom stereocenters. The molecule has 4 aliphatic rings. The molecule has 0 radical (unpaired) electrons. The van der Waals surface area contributed by atoms with Crippen LogP contribution in [0.2, 0.25) is 0 Å². The molecule has 0 amide bonds. The molecule has 0 saturated heterocycles. The summed E-state index contributed by atoms with van der Waals surface area (Å²) in [6.45, 7) is 0. The molecule has 0 unspecified atom stereocenters. The Labute approximate surface area is 254 Å². The second-order valence-electron chi connectivity index (χ2n) is 10.5. The first-order chi connectivity index (χ1) is 20.7. The van der Waals surface area contributed by atoms with Gasteiger partial charge in [0, 0.05) is 0 Å². The summed E-state index contributed by atoms with van der Waals surface area (Å²) in [6.07, 6.45) is 0. The Morgan fingerprint density at radius 1 is 0.405 bits per heavy atom. The summed E-state index contributed by atoms with van der Waals surface area (Å²) in [5, 5.41) is 4.17. The fraction of sp³-hybridized carbons (Fsp3) is 0. The number of amidine groups is 4. The van der Waals surface area contributed by atoms with Crippen LogP contribution in [0.3, 0.4) is 0 Å².